The van der Waals surface area contributed by atoms with Crippen LogP contribution in [0.3, 0.4) is 0 Å². The number of halogens is 2. The lowest BCUT2D eigenvalue weighted by Crippen LogP contribution is -2.40. The van der Waals surface area contributed by atoms with Gasteiger partial charge in [0.25, 0.3) is 27.8 Å². The first-order valence-electron chi connectivity index (χ1n) is 44.1. The largest absolute Gasteiger partial charge is 0.491 e. The molecule has 5 aromatic carbocycles. The lowest BCUT2D eigenvalue weighted by Gasteiger charge is -2.33. The third-order valence-corrected chi connectivity index (χ3v) is 23.1. The topological polar surface area (TPSA) is 372 Å². The van der Waals surface area contributed by atoms with E-state index >= 15 is 0 Å². The molecule has 0 saturated carbocycles. The number of pyridine rings is 1. The minimum Gasteiger partial charge on any atom is -0.491 e. The van der Waals surface area contributed by atoms with Crippen molar-refractivity contribution in [2.75, 3.05) is 48.4 Å². The van der Waals surface area contributed by atoms with Crippen molar-refractivity contribution in [1.29, 1.82) is 0 Å². The second-order valence-corrected chi connectivity index (χ2v) is 37.6. The zero-order valence-electron chi connectivity index (χ0n) is 76.7. The summed E-state index contributed by atoms with van der Waals surface area (Å²) in [6, 6.07) is 47.4. The molecule has 6 N–H and O–H groups in total. The summed E-state index contributed by atoms with van der Waals surface area (Å²) in [7, 11) is 0. The van der Waals surface area contributed by atoms with Crippen LogP contribution in [0.4, 0.5) is 17.6 Å². The van der Waals surface area contributed by atoms with Crippen molar-refractivity contribution in [3.63, 3.8) is 0 Å². The Balaban J connectivity index is 0.000000141. The molecule has 17 rings (SSSR count). The van der Waals surface area contributed by atoms with Crippen molar-refractivity contribution in [2.45, 2.75) is 196 Å². The molecule has 1 aliphatic heterocycles. The summed E-state index contributed by atoms with van der Waals surface area (Å²) in [5.74, 6) is 6.42. The summed E-state index contributed by atoms with van der Waals surface area (Å²) in [6.45, 7) is 36.0. The van der Waals surface area contributed by atoms with E-state index in [9.17, 15) is 24.0 Å². The number of H-pyrrole nitrogens is 4. The molecule has 1 saturated heterocycles. The zero-order valence-corrected chi connectivity index (χ0v) is 78.2. The minimum absolute atomic E-state index is 0.0563. The lowest BCUT2D eigenvalue weighted by atomic mass is 9.86. The van der Waals surface area contributed by atoms with E-state index in [1.54, 1.807) is 36.7 Å². The fourth-order valence-corrected chi connectivity index (χ4v) is 15.2. The molecule has 33 heteroatoms. The number of nitrogens with zero attached hydrogens (tertiary/aromatic N) is 18. The van der Waals surface area contributed by atoms with Gasteiger partial charge in [-0.25, -0.2) is 57.9 Å². The summed E-state index contributed by atoms with van der Waals surface area (Å²) < 4.78 is 19.7. The molecule has 0 amide bonds. The van der Waals surface area contributed by atoms with Crippen LogP contribution in [0.1, 0.15) is 179 Å². The number of hydrogen-bond donors (Lipinski definition) is 6. The Bertz CT molecular complexity index is 6940. The summed E-state index contributed by atoms with van der Waals surface area (Å²) in [5.41, 5.74) is 14.3. The second kappa shape index (κ2) is 40.5. The van der Waals surface area contributed by atoms with E-state index in [1.807, 2.05) is 75.4 Å². The van der Waals surface area contributed by atoms with Crippen LogP contribution >= 0.6 is 23.2 Å². The van der Waals surface area contributed by atoms with Gasteiger partial charge in [0.1, 0.15) is 22.6 Å². The summed E-state index contributed by atoms with van der Waals surface area (Å²) in [6.07, 6.45) is 16.6. The third-order valence-electron chi connectivity index (χ3n) is 22.5. The highest BCUT2D eigenvalue weighted by molar-refractivity contribution is 6.31. The molecule has 1 aliphatic rings. The molecule has 11 aromatic heterocycles. The van der Waals surface area contributed by atoms with Crippen LogP contribution in [0.5, 0.6) is 11.6 Å². The van der Waals surface area contributed by atoms with Gasteiger partial charge >= 0.3 is 0 Å². The average Bonchev–Trinajstić information content (AvgIpc) is 1.61. The predicted molar refractivity (Wildman–Crippen MR) is 515 cm³/mol. The number of unbranched alkanes of at least 4 members (excludes halogenated alkanes) is 2. The van der Waals surface area contributed by atoms with E-state index in [1.165, 1.54) is 69.6 Å². The van der Waals surface area contributed by atoms with Gasteiger partial charge in [-0.15, -0.1) is 0 Å². The highest BCUT2D eigenvalue weighted by Gasteiger charge is 2.26. The number of hydrogen-bond acceptors (Lipinski definition) is 22. The SMILES string of the molecule is CC(C)(C)c1ccc(-c2nc(CCCCOc3cnc(Cl)cn3)n3[nH]c(=O)cc3n2)cc1.CC(C)(C)c1ccc(-c2nc(NCCCn3ccncc3=O)n3[nH]c(=O)cc3n2)cc1.Cc1cc(NC2CCN(c3nc(-c4ccc(C(C)(C)C)cc4)nc4cc(=O)[nH]n34)CC2)ccc1Cl.Cc1ccnc(C)c1OCCCCc1nc(-c2ccc(C(C)(C)C)cc2)nc2cc(=O)[nH]n12. The first-order valence-corrected chi connectivity index (χ1v) is 44.8. The Labute approximate surface area is 768 Å². The monoisotopic (exact) mass is 1810 g/mol. The van der Waals surface area contributed by atoms with E-state index < -0.39 is 0 Å². The lowest BCUT2D eigenvalue weighted by molar-refractivity contribution is 0.293. The van der Waals surface area contributed by atoms with Gasteiger partial charge in [0.2, 0.25) is 17.8 Å². The molecular formula is C98H112Cl2N24O7. The highest BCUT2D eigenvalue weighted by Crippen LogP contribution is 2.33. The molecule has 0 unspecified atom stereocenters. The van der Waals surface area contributed by atoms with Gasteiger partial charge < -0.3 is 29.6 Å². The normalized spacial score (nSPS) is 12.6. The quantitative estimate of drug-likeness (QED) is 0.0306. The molecule has 31 nitrogen and oxygen atoms in total. The van der Waals surface area contributed by atoms with Gasteiger partial charge in [-0.05, 0) is 145 Å². The van der Waals surface area contributed by atoms with Crippen LogP contribution in [0.15, 0.2) is 207 Å². The molecule has 0 radical (unpaired) electrons. The van der Waals surface area contributed by atoms with Gasteiger partial charge in [0.05, 0.1) is 37.5 Å². The van der Waals surface area contributed by atoms with Crippen LogP contribution in [0, 0.1) is 20.8 Å². The third kappa shape index (κ3) is 24.0. The number of aromatic amines is 4. The number of benzene rings is 5. The van der Waals surface area contributed by atoms with E-state index in [2.05, 4.69) is 231 Å². The zero-order chi connectivity index (χ0) is 93.1. The maximum absolute atomic E-state index is 12.2. The molecular weight excluding hydrogens is 1700 g/mol. The standard InChI is InChI=1S/C27H31ClN6O.C26H31N5O2.C23H25ClN6O2.C22H25N7O2/c1-17-15-21(9-10-22(17)28)29-20-11-13-33(14-12-20)26-31-25(30-23-16-24(35)32-34(23)26)18-5-7-19(8-6-18)27(2,3)4;1-17-13-14-27-18(2)24(17)33-15-7-6-8-21-28-25(29-22-16-23(32)30-31(21)22)19-9-11-20(12-10-19)26(3,4)5;1-23(2,3)16-9-7-15(8-10-16)22-27-18(30-19(28-22)12-20(31)29-30)6-4-5-11-32-21-14-25-17(24)13-26-21;1-22(2,3)16-7-5-15(6-8-16)20-25-17-13-18(30)27-29(17)21(26-20)24-9-4-11-28-12-10-23-14-19(28)31/h5-10,15-16,20,29H,11-14H2,1-4H3,(H,32,35);9-14,16H,6-8,15H2,1-5H3,(H,30,32);7-10,12-14H,4-6,11H2,1-3H3,(H,29,31);5-8,10,12-14H,4,9,11H2,1-3H3,(H,27,30)(H,24,25,26). The number of piperidine rings is 1. The summed E-state index contributed by atoms with van der Waals surface area (Å²) >= 11 is 11.9. The number of rotatable bonds is 24. The number of anilines is 3. The Morgan fingerprint density at radius 3 is 1.35 bits per heavy atom. The van der Waals surface area contributed by atoms with E-state index in [0.717, 1.165) is 119 Å². The molecule has 1 fully saturated rings. The highest BCUT2D eigenvalue weighted by atomic mass is 35.5. The van der Waals surface area contributed by atoms with E-state index in [-0.39, 0.29) is 49.5 Å². The fourth-order valence-electron chi connectivity index (χ4n) is 15.0. The van der Waals surface area contributed by atoms with Crippen molar-refractivity contribution in [3.05, 3.63) is 295 Å². The molecule has 680 valence electrons. The maximum Gasteiger partial charge on any atom is 0.268 e. The first-order chi connectivity index (χ1) is 62.5. The predicted octanol–water partition coefficient (Wildman–Crippen LogP) is 16.9. The van der Waals surface area contributed by atoms with Crippen molar-refractivity contribution >= 4 is 63.4 Å². The van der Waals surface area contributed by atoms with Gasteiger partial charge in [0.15, 0.2) is 45.9 Å². The van der Waals surface area contributed by atoms with Crippen molar-refractivity contribution in [1.82, 2.24) is 103 Å². The van der Waals surface area contributed by atoms with Crippen molar-refractivity contribution in [3.8, 4) is 57.2 Å². The van der Waals surface area contributed by atoms with Crippen LogP contribution < -0.4 is 52.8 Å². The van der Waals surface area contributed by atoms with Gasteiger partial charge in [0, 0.05) is 121 Å². The van der Waals surface area contributed by atoms with Gasteiger partial charge in [-0.2, -0.15) is 9.97 Å². The van der Waals surface area contributed by atoms with Gasteiger partial charge in [-0.1, -0.05) is 203 Å². The summed E-state index contributed by atoms with van der Waals surface area (Å²) in [4.78, 5) is 115. The van der Waals surface area contributed by atoms with Crippen molar-refractivity contribution < 1.29 is 9.47 Å². The van der Waals surface area contributed by atoms with Gasteiger partial charge in [-0.3, -0.25) is 54.3 Å². The molecule has 0 bridgehead atoms. The van der Waals surface area contributed by atoms with Crippen LogP contribution in [-0.4, -0.2) is 142 Å². The molecule has 131 heavy (non-hydrogen) atoms. The number of aryl methyl sites for hydroxylation is 6. The Kier molecular flexibility index (Phi) is 28.8. The van der Waals surface area contributed by atoms with Crippen LogP contribution in [0.2, 0.25) is 10.2 Å². The minimum atomic E-state index is -0.249. The maximum atomic E-state index is 12.2. The molecule has 0 spiro atoms. The van der Waals surface area contributed by atoms with E-state index in [0.29, 0.717) is 120 Å². The Morgan fingerprint density at radius 1 is 0.443 bits per heavy atom. The fraction of sp³-hybridized carbons (Fsp3) is 0.357. The van der Waals surface area contributed by atoms with Crippen LogP contribution in [-0.2, 0) is 41.0 Å². The second-order valence-electron chi connectivity index (χ2n) is 36.8. The first kappa shape index (κ1) is 93.3. The number of aromatic nitrogens is 21. The Hall–Kier alpha value is -13.8. The smallest absolute Gasteiger partial charge is 0.268 e. The number of ether oxygens (including phenoxy) is 2. The average molecular weight is 1810 g/mol. The number of nitrogens with one attached hydrogen (secondary N) is 6. The molecule has 12 heterocycles. The molecule has 0 atom stereocenters. The molecule has 0 aliphatic carbocycles. The van der Waals surface area contributed by atoms with E-state index in [4.69, 9.17) is 47.6 Å². The number of fused-ring (bicyclic) bond motifs is 4. The van der Waals surface area contributed by atoms with Crippen molar-refractivity contribution in [2.24, 2.45) is 0 Å². The molecule has 16 aromatic rings. The summed E-state index contributed by atoms with van der Waals surface area (Å²) in [5, 5.41) is 19.2. The van der Waals surface area contributed by atoms with Crippen LogP contribution in [0.25, 0.3) is 68.1 Å². The Morgan fingerprint density at radius 2 is 0.893 bits per heavy atom.